The van der Waals surface area contributed by atoms with Gasteiger partial charge in [0.05, 0.1) is 5.41 Å². The lowest BCUT2D eigenvalue weighted by molar-refractivity contribution is -0.129. The molecular formula is C13H25N3O. The number of nitrogens with one attached hydrogen (secondary N) is 2. The van der Waals surface area contributed by atoms with Gasteiger partial charge >= 0.3 is 0 Å². The average molecular weight is 239 g/mol. The van der Waals surface area contributed by atoms with E-state index in [2.05, 4.69) is 29.4 Å². The van der Waals surface area contributed by atoms with Gasteiger partial charge in [-0.05, 0) is 38.8 Å². The van der Waals surface area contributed by atoms with Gasteiger partial charge in [0.15, 0.2) is 0 Å². The van der Waals surface area contributed by atoms with Crippen molar-refractivity contribution in [3.8, 4) is 0 Å². The van der Waals surface area contributed by atoms with E-state index in [-0.39, 0.29) is 11.3 Å². The summed E-state index contributed by atoms with van der Waals surface area (Å²) in [5.74, 6) is 0.930. The van der Waals surface area contributed by atoms with Gasteiger partial charge in [-0.3, -0.25) is 9.69 Å². The molecule has 2 N–H and O–H groups in total. The molecule has 2 heterocycles. The quantitative estimate of drug-likeness (QED) is 0.735. The normalized spacial score (nSPS) is 39.2. The number of amides is 1. The van der Waals surface area contributed by atoms with E-state index >= 15 is 0 Å². The maximum Gasteiger partial charge on any atom is 0.227 e. The number of piperidine rings is 1. The third-order valence-corrected chi connectivity index (χ3v) is 4.53. The summed E-state index contributed by atoms with van der Waals surface area (Å²) in [6.07, 6.45) is 2.23. The smallest absolute Gasteiger partial charge is 0.227 e. The van der Waals surface area contributed by atoms with Crippen molar-refractivity contribution in [3.63, 3.8) is 0 Å². The van der Waals surface area contributed by atoms with Crippen LogP contribution in [0.5, 0.6) is 0 Å². The van der Waals surface area contributed by atoms with Gasteiger partial charge in [-0.1, -0.05) is 6.92 Å². The summed E-state index contributed by atoms with van der Waals surface area (Å²) < 4.78 is 0. The van der Waals surface area contributed by atoms with Gasteiger partial charge in [0, 0.05) is 26.2 Å². The minimum atomic E-state index is -0.189. The summed E-state index contributed by atoms with van der Waals surface area (Å²) in [7, 11) is 1.74. The first-order chi connectivity index (χ1) is 8.07. The Kier molecular flexibility index (Phi) is 3.73. The van der Waals surface area contributed by atoms with Crippen LogP contribution >= 0.6 is 0 Å². The molecule has 0 aromatic heterocycles. The van der Waals surface area contributed by atoms with Crippen molar-refractivity contribution < 1.29 is 4.79 Å². The second-order valence-electron chi connectivity index (χ2n) is 5.90. The van der Waals surface area contributed by atoms with Gasteiger partial charge in [-0.25, -0.2) is 0 Å². The van der Waals surface area contributed by atoms with Crippen molar-refractivity contribution in [2.75, 3.05) is 33.2 Å². The van der Waals surface area contributed by atoms with Crippen LogP contribution in [0.25, 0.3) is 0 Å². The summed E-state index contributed by atoms with van der Waals surface area (Å²) >= 11 is 0. The molecule has 0 aromatic carbocycles. The molecule has 2 aliphatic heterocycles. The van der Waals surface area contributed by atoms with Gasteiger partial charge in [-0.15, -0.1) is 0 Å². The van der Waals surface area contributed by atoms with Crippen molar-refractivity contribution in [2.45, 2.75) is 32.7 Å². The average Bonchev–Trinajstić information content (AvgIpc) is 2.72. The molecule has 2 fully saturated rings. The predicted molar refractivity (Wildman–Crippen MR) is 68.8 cm³/mol. The number of hydrogen-bond donors (Lipinski definition) is 2. The Balaban J connectivity index is 1.99. The molecule has 17 heavy (non-hydrogen) atoms. The van der Waals surface area contributed by atoms with Crippen LogP contribution in [0.15, 0.2) is 0 Å². The maximum atomic E-state index is 11.9. The highest BCUT2D eigenvalue weighted by Gasteiger charge is 2.43. The largest absolute Gasteiger partial charge is 0.359 e. The zero-order chi connectivity index (χ0) is 12.5. The highest BCUT2D eigenvalue weighted by Crippen LogP contribution is 2.33. The van der Waals surface area contributed by atoms with Crippen molar-refractivity contribution in [1.29, 1.82) is 0 Å². The SMILES string of the molecule is CNC(=O)C1(C)CCN(C2CNCCC2C)C1. The Morgan fingerprint density at radius 3 is 2.94 bits per heavy atom. The summed E-state index contributed by atoms with van der Waals surface area (Å²) in [5, 5.41) is 6.27. The second kappa shape index (κ2) is 4.94. The topological polar surface area (TPSA) is 44.4 Å². The van der Waals surface area contributed by atoms with E-state index in [1.54, 1.807) is 7.05 Å². The van der Waals surface area contributed by atoms with E-state index in [1.165, 1.54) is 6.42 Å². The molecule has 3 atom stereocenters. The highest BCUT2D eigenvalue weighted by atomic mass is 16.2. The second-order valence-corrected chi connectivity index (χ2v) is 5.90. The van der Waals surface area contributed by atoms with Gasteiger partial charge in [-0.2, -0.15) is 0 Å². The summed E-state index contributed by atoms with van der Waals surface area (Å²) in [5.41, 5.74) is -0.189. The van der Waals surface area contributed by atoms with Crippen LogP contribution in [-0.2, 0) is 4.79 Å². The van der Waals surface area contributed by atoms with Crippen LogP contribution in [0.3, 0.4) is 0 Å². The molecular weight excluding hydrogens is 214 g/mol. The van der Waals surface area contributed by atoms with Crippen molar-refractivity contribution in [3.05, 3.63) is 0 Å². The lowest BCUT2D eigenvalue weighted by atomic mass is 9.88. The fourth-order valence-corrected chi connectivity index (χ4v) is 3.23. The van der Waals surface area contributed by atoms with Crippen molar-refractivity contribution >= 4 is 5.91 Å². The van der Waals surface area contributed by atoms with Gasteiger partial charge in [0.25, 0.3) is 0 Å². The van der Waals surface area contributed by atoms with E-state index in [0.717, 1.165) is 38.5 Å². The molecule has 0 aromatic rings. The molecule has 3 unspecified atom stereocenters. The zero-order valence-electron chi connectivity index (χ0n) is 11.3. The number of likely N-dealkylation sites (tertiary alicyclic amines) is 1. The van der Waals surface area contributed by atoms with Gasteiger partial charge in [0.2, 0.25) is 5.91 Å². The van der Waals surface area contributed by atoms with E-state index in [4.69, 9.17) is 0 Å². The Hall–Kier alpha value is -0.610. The highest BCUT2D eigenvalue weighted by molar-refractivity contribution is 5.82. The molecule has 2 rings (SSSR count). The van der Waals surface area contributed by atoms with Crippen LogP contribution in [0, 0.1) is 11.3 Å². The first kappa shape index (κ1) is 12.8. The maximum absolute atomic E-state index is 11.9. The van der Waals surface area contributed by atoms with Crippen LogP contribution in [0.1, 0.15) is 26.7 Å². The first-order valence-corrected chi connectivity index (χ1v) is 6.74. The monoisotopic (exact) mass is 239 g/mol. The Bertz CT molecular complexity index is 294. The van der Waals surface area contributed by atoms with E-state index in [0.29, 0.717) is 6.04 Å². The number of hydrogen-bond acceptors (Lipinski definition) is 3. The third kappa shape index (κ3) is 2.47. The van der Waals surface area contributed by atoms with Crippen molar-refractivity contribution in [2.24, 2.45) is 11.3 Å². The first-order valence-electron chi connectivity index (χ1n) is 6.74. The van der Waals surface area contributed by atoms with Crippen LogP contribution in [-0.4, -0.2) is 50.1 Å². The predicted octanol–water partition coefficient (Wildman–Crippen LogP) is 0.442. The zero-order valence-corrected chi connectivity index (χ0v) is 11.3. The molecule has 0 spiro atoms. The molecule has 1 amide bonds. The molecule has 0 saturated carbocycles. The molecule has 0 aliphatic carbocycles. The van der Waals surface area contributed by atoms with Crippen LogP contribution < -0.4 is 10.6 Å². The molecule has 2 aliphatic rings. The Morgan fingerprint density at radius 2 is 2.29 bits per heavy atom. The number of carbonyl (C=O) groups is 1. The van der Waals surface area contributed by atoms with Gasteiger partial charge in [0.1, 0.15) is 0 Å². The Morgan fingerprint density at radius 1 is 1.53 bits per heavy atom. The lowest BCUT2D eigenvalue weighted by Gasteiger charge is -2.37. The molecule has 98 valence electrons. The Labute approximate surface area is 104 Å². The van der Waals surface area contributed by atoms with Crippen LogP contribution in [0.4, 0.5) is 0 Å². The van der Waals surface area contributed by atoms with E-state index < -0.39 is 0 Å². The number of nitrogens with zero attached hydrogens (tertiary/aromatic N) is 1. The lowest BCUT2D eigenvalue weighted by Crippen LogP contribution is -2.50. The molecule has 2 saturated heterocycles. The minimum Gasteiger partial charge on any atom is -0.359 e. The van der Waals surface area contributed by atoms with Crippen LogP contribution in [0.2, 0.25) is 0 Å². The van der Waals surface area contributed by atoms with Crippen molar-refractivity contribution in [1.82, 2.24) is 15.5 Å². The fourth-order valence-electron chi connectivity index (χ4n) is 3.23. The summed E-state index contributed by atoms with van der Waals surface area (Å²) in [6.45, 7) is 8.60. The number of carbonyl (C=O) groups excluding carboxylic acids is 1. The molecule has 4 nitrogen and oxygen atoms in total. The summed E-state index contributed by atoms with van der Waals surface area (Å²) in [4.78, 5) is 14.4. The molecule has 0 bridgehead atoms. The molecule has 0 radical (unpaired) electrons. The van der Waals surface area contributed by atoms with Gasteiger partial charge < -0.3 is 10.6 Å². The number of rotatable bonds is 2. The molecule has 4 heteroatoms. The van der Waals surface area contributed by atoms with E-state index in [1.807, 2.05) is 0 Å². The van der Waals surface area contributed by atoms with E-state index in [9.17, 15) is 4.79 Å². The standard InChI is InChI=1S/C13H25N3O/c1-10-4-6-15-8-11(10)16-7-5-13(2,9-16)12(17)14-3/h10-11,15H,4-9H2,1-3H3,(H,14,17). The third-order valence-electron chi connectivity index (χ3n) is 4.53. The fraction of sp³-hybridized carbons (Fsp3) is 0.923. The summed E-state index contributed by atoms with van der Waals surface area (Å²) in [6, 6.07) is 0.607. The minimum absolute atomic E-state index is 0.189.